The standard InChI is InChI=1S/C3H8F2O3Si/c1-6-9(5,7-2)8-3-4/h3H2,1-2H3. The summed E-state index contributed by atoms with van der Waals surface area (Å²) in [4.78, 5) is 0. The van der Waals surface area contributed by atoms with Crippen LogP contribution < -0.4 is 0 Å². The van der Waals surface area contributed by atoms with Gasteiger partial charge in [-0.1, -0.05) is 0 Å². The van der Waals surface area contributed by atoms with Crippen LogP contribution in [0, 0.1) is 0 Å². The lowest BCUT2D eigenvalue weighted by Crippen LogP contribution is -2.38. The first kappa shape index (κ1) is 8.96. The summed E-state index contributed by atoms with van der Waals surface area (Å²) < 4.78 is 35.9. The van der Waals surface area contributed by atoms with Gasteiger partial charge in [0.15, 0.2) is 6.86 Å². The van der Waals surface area contributed by atoms with Crippen molar-refractivity contribution >= 4 is 9.14 Å². The Balaban J connectivity index is 3.62. The van der Waals surface area contributed by atoms with Gasteiger partial charge < -0.3 is 13.3 Å². The van der Waals surface area contributed by atoms with Crippen molar-refractivity contribution in [3.63, 3.8) is 0 Å². The second-order valence-electron chi connectivity index (χ2n) is 1.14. The molecule has 0 bridgehead atoms. The van der Waals surface area contributed by atoms with E-state index in [4.69, 9.17) is 0 Å². The summed E-state index contributed by atoms with van der Waals surface area (Å²) in [6, 6.07) is 0. The first-order valence-corrected chi connectivity index (χ1v) is 3.78. The molecule has 0 aromatic carbocycles. The molecule has 0 saturated carbocycles. The number of rotatable bonds is 4. The van der Waals surface area contributed by atoms with E-state index in [1.165, 1.54) is 0 Å². The minimum Gasteiger partial charge on any atom is -0.352 e. The Hall–Kier alpha value is -0.0431. The molecule has 0 unspecified atom stereocenters. The summed E-state index contributed by atoms with van der Waals surface area (Å²) in [5.74, 6) is 0. The smallest absolute Gasteiger partial charge is 0.352 e. The minimum atomic E-state index is -4.07. The van der Waals surface area contributed by atoms with E-state index in [2.05, 4.69) is 13.3 Å². The molecular weight excluding hydrogens is 150 g/mol. The van der Waals surface area contributed by atoms with Gasteiger partial charge in [0.25, 0.3) is 0 Å². The van der Waals surface area contributed by atoms with Gasteiger partial charge in [-0.05, 0) is 0 Å². The summed E-state index contributed by atoms with van der Waals surface area (Å²) >= 11 is 0. The zero-order valence-electron chi connectivity index (χ0n) is 5.19. The van der Waals surface area contributed by atoms with Crippen molar-refractivity contribution < 1.29 is 21.8 Å². The molecule has 0 spiro atoms. The van der Waals surface area contributed by atoms with E-state index in [0.29, 0.717) is 0 Å². The zero-order valence-corrected chi connectivity index (χ0v) is 6.19. The SMILES string of the molecule is CO[Si](F)(OC)OCF. The van der Waals surface area contributed by atoms with Crippen molar-refractivity contribution in [2.24, 2.45) is 0 Å². The van der Waals surface area contributed by atoms with E-state index in [-0.39, 0.29) is 0 Å². The van der Waals surface area contributed by atoms with Crippen LogP contribution in [0.3, 0.4) is 0 Å². The Morgan fingerprint density at radius 2 is 1.78 bits per heavy atom. The van der Waals surface area contributed by atoms with E-state index in [9.17, 15) is 8.50 Å². The molecule has 9 heavy (non-hydrogen) atoms. The van der Waals surface area contributed by atoms with Crippen molar-refractivity contribution in [3.05, 3.63) is 0 Å². The highest BCUT2D eigenvalue weighted by molar-refractivity contribution is 6.52. The first-order chi connectivity index (χ1) is 4.18. The molecule has 0 aliphatic heterocycles. The van der Waals surface area contributed by atoms with Gasteiger partial charge in [-0.15, -0.1) is 0 Å². The lowest BCUT2D eigenvalue weighted by molar-refractivity contribution is 0.0223. The highest BCUT2D eigenvalue weighted by atomic mass is 28.4. The van der Waals surface area contributed by atoms with Crippen LogP contribution in [0.2, 0.25) is 0 Å². The molecule has 0 aromatic heterocycles. The second-order valence-corrected chi connectivity index (χ2v) is 3.21. The maximum Gasteiger partial charge on any atom is 0.721 e. The third kappa shape index (κ3) is 2.85. The van der Waals surface area contributed by atoms with Crippen molar-refractivity contribution in [3.8, 4) is 0 Å². The molecule has 0 aliphatic carbocycles. The predicted octanol–water partition coefficient (Wildman–Crippen LogP) is 0.628. The Morgan fingerprint density at radius 1 is 1.33 bits per heavy atom. The van der Waals surface area contributed by atoms with E-state index in [1.54, 1.807) is 0 Å². The number of hydrogen-bond donors (Lipinski definition) is 0. The van der Waals surface area contributed by atoms with Gasteiger partial charge in [0.2, 0.25) is 0 Å². The van der Waals surface area contributed by atoms with Gasteiger partial charge >= 0.3 is 9.14 Å². The number of alkyl halides is 1. The van der Waals surface area contributed by atoms with Gasteiger partial charge in [-0.25, -0.2) is 8.50 Å². The Labute approximate surface area is 53.1 Å². The molecular formula is C3H8F2O3Si. The summed E-state index contributed by atoms with van der Waals surface area (Å²) in [6.45, 7) is -1.23. The van der Waals surface area contributed by atoms with Crippen molar-refractivity contribution in [2.75, 3.05) is 21.1 Å². The quantitative estimate of drug-likeness (QED) is 0.443. The fraction of sp³-hybridized carbons (Fsp3) is 1.00. The highest BCUT2D eigenvalue weighted by Gasteiger charge is 2.41. The van der Waals surface area contributed by atoms with Gasteiger partial charge in [0.1, 0.15) is 0 Å². The van der Waals surface area contributed by atoms with Crippen LogP contribution in [0.4, 0.5) is 8.50 Å². The van der Waals surface area contributed by atoms with Crippen LogP contribution >= 0.6 is 0 Å². The van der Waals surface area contributed by atoms with Crippen LogP contribution in [0.1, 0.15) is 0 Å². The molecule has 56 valence electrons. The summed E-state index contributed by atoms with van der Waals surface area (Å²) in [6.07, 6.45) is 0. The predicted molar refractivity (Wildman–Crippen MR) is 27.9 cm³/mol. The number of halogens is 2. The van der Waals surface area contributed by atoms with Gasteiger partial charge in [0, 0.05) is 14.2 Å². The summed E-state index contributed by atoms with van der Waals surface area (Å²) in [5.41, 5.74) is 0. The topological polar surface area (TPSA) is 27.7 Å². The monoisotopic (exact) mass is 158 g/mol. The molecule has 0 aromatic rings. The van der Waals surface area contributed by atoms with Crippen LogP contribution in [-0.4, -0.2) is 30.2 Å². The highest BCUT2D eigenvalue weighted by Crippen LogP contribution is 2.07. The van der Waals surface area contributed by atoms with Crippen LogP contribution in [0.15, 0.2) is 0 Å². The largest absolute Gasteiger partial charge is 0.721 e. The molecule has 0 radical (unpaired) electrons. The lowest BCUT2D eigenvalue weighted by atomic mass is 11.6. The molecule has 0 fully saturated rings. The van der Waals surface area contributed by atoms with E-state index in [1.807, 2.05) is 0 Å². The minimum absolute atomic E-state index is 1.06. The lowest BCUT2D eigenvalue weighted by Gasteiger charge is -2.13. The molecule has 0 aliphatic rings. The molecule has 0 heterocycles. The zero-order chi connectivity index (χ0) is 7.33. The summed E-state index contributed by atoms with van der Waals surface area (Å²) in [7, 11) is -1.95. The van der Waals surface area contributed by atoms with Crippen molar-refractivity contribution in [1.29, 1.82) is 0 Å². The van der Waals surface area contributed by atoms with Crippen molar-refractivity contribution in [2.45, 2.75) is 0 Å². The molecule has 0 amide bonds. The maximum absolute atomic E-state index is 12.5. The Kier molecular flexibility index (Phi) is 3.87. The van der Waals surface area contributed by atoms with E-state index in [0.717, 1.165) is 14.2 Å². The normalized spacial score (nSPS) is 12.0. The van der Waals surface area contributed by atoms with Crippen LogP contribution in [0.5, 0.6) is 0 Å². The molecule has 0 rings (SSSR count). The van der Waals surface area contributed by atoms with Crippen LogP contribution in [-0.2, 0) is 13.3 Å². The van der Waals surface area contributed by atoms with Crippen LogP contribution in [0.25, 0.3) is 0 Å². The van der Waals surface area contributed by atoms with Gasteiger partial charge in [-0.3, -0.25) is 0 Å². The number of hydrogen-bond acceptors (Lipinski definition) is 3. The molecule has 3 nitrogen and oxygen atoms in total. The average Bonchev–Trinajstić information content (AvgIpc) is 1.89. The fourth-order valence-corrected chi connectivity index (χ4v) is 0.799. The Morgan fingerprint density at radius 3 is 1.89 bits per heavy atom. The first-order valence-electron chi connectivity index (χ1n) is 2.17. The third-order valence-electron chi connectivity index (χ3n) is 0.715. The molecule has 6 heteroatoms. The Bertz CT molecular complexity index is 77.5. The van der Waals surface area contributed by atoms with Gasteiger partial charge in [0.05, 0.1) is 0 Å². The third-order valence-corrected chi connectivity index (χ3v) is 2.14. The molecule has 0 N–H and O–H groups in total. The second kappa shape index (κ2) is 3.88. The maximum atomic E-state index is 12.5. The molecule has 0 saturated heterocycles. The molecule has 0 atom stereocenters. The van der Waals surface area contributed by atoms with Gasteiger partial charge in [-0.2, -0.15) is 0 Å². The average molecular weight is 158 g/mol. The van der Waals surface area contributed by atoms with E-state index < -0.39 is 16.0 Å². The summed E-state index contributed by atoms with van der Waals surface area (Å²) in [5, 5.41) is 0. The fourth-order valence-electron chi connectivity index (χ4n) is 0.266. The van der Waals surface area contributed by atoms with Crippen molar-refractivity contribution in [1.82, 2.24) is 0 Å². The van der Waals surface area contributed by atoms with E-state index >= 15 is 0 Å².